The van der Waals surface area contributed by atoms with E-state index in [-0.39, 0.29) is 11.0 Å². The summed E-state index contributed by atoms with van der Waals surface area (Å²) in [6.07, 6.45) is 4.54. The molecule has 1 aliphatic heterocycles. The van der Waals surface area contributed by atoms with Crippen LogP contribution in [0.2, 0.25) is 0 Å². The summed E-state index contributed by atoms with van der Waals surface area (Å²) in [6.45, 7) is 17.6. The molecule has 1 saturated heterocycles. The molecule has 0 radical (unpaired) electrons. The van der Waals surface area contributed by atoms with Gasteiger partial charge in [0.1, 0.15) is 0 Å². The highest BCUT2D eigenvalue weighted by Gasteiger charge is 2.47. The Hall–Kier alpha value is -1.76. The third-order valence-corrected chi connectivity index (χ3v) is 6.59. The molecule has 2 aromatic rings. The molecule has 1 fully saturated rings. The molecule has 2 aromatic carbocycles. The van der Waals surface area contributed by atoms with Crippen LogP contribution in [0.15, 0.2) is 42.5 Å². The topological polar surface area (TPSA) is 3.24 Å². The average Bonchev–Trinajstić information content (AvgIpc) is 2.90. The van der Waals surface area contributed by atoms with Crippen molar-refractivity contribution in [3.8, 4) is 0 Å². The second-order valence-electron chi connectivity index (χ2n) is 10.1. The summed E-state index contributed by atoms with van der Waals surface area (Å²) in [5.41, 5.74) is 7.76. The summed E-state index contributed by atoms with van der Waals surface area (Å²) in [6, 6.07) is 16.4. The fraction of sp³-hybridized carbons (Fsp3) is 0.556. The maximum absolute atomic E-state index is 2.71. The summed E-state index contributed by atoms with van der Waals surface area (Å²) in [4.78, 5) is 2.71. The van der Waals surface area contributed by atoms with E-state index in [0.29, 0.717) is 5.92 Å². The van der Waals surface area contributed by atoms with Crippen molar-refractivity contribution in [2.75, 3.05) is 11.4 Å². The van der Waals surface area contributed by atoms with E-state index >= 15 is 0 Å². The number of anilines is 1. The van der Waals surface area contributed by atoms with Crippen LogP contribution in [-0.4, -0.2) is 12.1 Å². The van der Waals surface area contributed by atoms with Crippen molar-refractivity contribution in [3.63, 3.8) is 0 Å². The van der Waals surface area contributed by atoms with Gasteiger partial charge in [0, 0.05) is 23.2 Å². The van der Waals surface area contributed by atoms with Crippen LogP contribution in [0.5, 0.6) is 0 Å². The van der Waals surface area contributed by atoms with Crippen LogP contribution in [-0.2, 0) is 24.7 Å². The van der Waals surface area contributed by atoms with Crippen LogP contribution in [0.1, 0.15) is 77.1 Å². The molecule has 152 valence electrons. The van der Waals surface area contributed by atoms with E-state index in [1.807, 2.05) is 0 Å². The predicted molar refractivity (Wildman–Crippen MR) is 124 cm³/mol. The minimum absolute atomic E-state index is 0.153. The maximum Gasteiger partial charge on any atom is 0.0435 e. The molecule has 1 heteroatoms. The lowest BCUT2D eigenvalue weighted by atomic mass is 9.77. The van der Waals surface area contributed by atoms with Gasteiger partial charge in [0.15, 0.2) is 0 Å². The number of hydrogen-bond donors (Lipinski definition) is 0. The van der Waals surface area contributed by atoms with Gasteiger partial charge in [-0.25, -0.2) is 0 Å². The van der Waals surface area contributed by atoms with Crippen molar-refractivity contribution >= 4 is 5.69 Å². The number of aryl methyl sites for hydroxylation is 2. The molecule has 0 saturated carbocycles. The molecular formula is C27H39N. The lowest BCUT2D eigenvalue weighted by Gasteiger charge is -2.36. The fourth-order valence-electron chi connectivity index (χ4n) is 5.32. The second-order valence-corrected chi connectivity index (χ2v) is 10.1. The summed E-state index contributed by atoms with van der Waals surface area (Å²) >= 11 is 0. The van der Waals surface area contributed by atoms with Gasteiger partial charge in [-0.05, 0) is 67.7 Å². The Labute approximate surface area is 173 Å². The third kappa shape index (κ3) is 4.00. The van der Waals surface area contributed by atoms with Crippen molar-refractivity contribution in [2.45, 2.75) is 85.1 Å². The quantitative estimate of drug-likeness (QED) is 0.526. The molecule has 1 atom stereocenters. The Balaban J connectivity index is 1.96. The minimum Gasteiger partial charge on any atom is -0.365 e. The SMILES string of the molecule is CCc1cccc(CC)c1N1CC(C)(c2ccc(CC(C)C)cc2)CC1(C)C. The molecule has 1 unspecified atom stereocenters. The van der Waals surface area contributed by atoms with Crippen LogP contribution in [0.4, 0.5) is 5.69 Å². The Morgan fingerprint density at radius 2 is 1.46 bits per heavy atom. The third-order valence-electron chi connectivity index (χ3n) is 6.59. The molecule has 0 bridgehead atoms. The first-order valence-electron chi connectivity index (χ1n) is 11.2. The van der Waals surface area contributed by atoms with E-state index in [9.17, 15) is 0 Å². The molecule has 0 spiro atoms. The summed E-state index contributed by atoms with van der Waals surface area (Å²) < 4.78 is 0. The molecular weight excluding hydrogens is 338 g/mol. The Kier molecular flexibility index (Phi) is 5.94. The lowest BCUT2D eigenvalue weighted by molar-refractivity contribution is 0.444. The van der Waals surface area contributed by atoms with Crippen LogP contribution < -0.4 is 4.90 Å². The maximum atomic E-state index is 2.71. The van der Waals surface area contributed by atoms with E-state index in [2.05, 4.69) is 95.8 Å². The molecule has 0 aromatic heterocycles. The minimum atomic E-state index is 0.153. The van der Waals surface area contributed by atoms with Crippen LogP contribution >= 0.6 is 0 Å². The van der Waals surface area contributed by atoms with Crippen molar-refractivity contribution in [3.05, 3.63) is 64.7 Å². The zero-order chi connectivity index (χ0) is 20.5. The molecule has 1 aliphatic rings. The lowest BCUT2D eigenvalue weighted by Crippen LogP contribution is -2.39. The van der Waals surface area contributed by atoms with E-state index in [1.54, 1.807) is 0 Å². The number of rotatable bonds is 6. The normalized spacial score (nSPS) is 21.5. The van der Waals surface area contributed by atoms with E-state index in [1.165, 1.54) is 40.8 Å². The largest absolute Gasteiger partial charge is 0.365 e. The first-order valence-corrected chi connectivity index (χ1v) is 11.2. The predicted octanol–water partition coefficient (Wildman–Crippen LogP) is 6.96. The van der Waals surface area contributed by atoms with Crippen molar-refractivity contribution in [1.29, 1.82) is 0 Å². The molecule has 1 nitrogen and oxygen atoms in total. The zero-order valence-corrected chi connectivity index (χ0v) is 19.1. The van der Waals surface area contributed by atoms with Gasteiger partial charge < -0.3 is 4.90 Å². The molecule has 0 N–H and O–H groups in total. The average molecular weight is 378 g/mol. The van der Waals surface area contributed by atoms with Crippen LogP contribution in [0.3, 0.4) is 0 Å². The summed E-state index contributed by atoms with van der Waals surface area (Å²) in [7, 11) is 0. The van der Waals surface area contributed by atoms with Crippen LogP contribution in [0.25, 0.3) is 0 Å². The summed E-state index contributed by atoms with van der Waals surface area (Å²) in [5, 5.41) is 0. The van der Waals surface area contributed by atoms with E-state index in [0.717, 1.165) is 19.4 Å². The monoisotopic (exact) mass is 377 g/mol. The Morgan fingerprint density at radius 3 is 1.96 bits per heavy atom. The highest BCUT2D eigenvalue weighted by molar-refractivity contribution is 5.63. The zero-order valence-electron chi connectivity index (χ0n) is 19.1. The number of nitrogens with zero attached hydrogens (tertiary/aromatic N) is 1. The van der Waals surface area contributed by atoms with Gasteiger partial charge in [0.2, 0.25) is 0 Å². The van der Waals surface area contributed by atoms with E-state index < -0.39 is 0 Å². The van der Waals surface area contributed by atoms with Gasteiger partial charge in [0.25, 0.3) is 0 Å². The second kappa shape index (κ2) is 7.93. The van der Waals surface area contributed by atoms with Gasteiger partial charge >= 0.3 is 0 Å². The number of para-hydroxylation sites is 1. The molecule has 1 heterocycles. The van der Waals surface area contributed by atoms with Crippen LogP contribution in [0, 0.1) is 5.92 Å². The van der Waals surface area contributed by atoms with Gasteiger partial charge in [-0.3, -0.25) is 0 Å². The standard InChI is InChI=1S/C27H39N/c1-8-22-11-10-12-23(9-2)25(22)28-19-27(7,18-26(28,5)6)24-15-13-21(14-16-24)17-20(3)4/h10-16,20H,8-9,17-19H2,1-7H3. The van der Waals surface area contributed by atoms with Crippen molar-refractivity contribution in [2.24, 2.45) is 5.92 Å². The van der Waals surface area contributed by atoms with Gasteiger partial charge in [0.05, 0.1) is 0 Å². The highest BCUT2D eigenvalue weighted by atomic mass is 15.2. The fourth-order valence-corrected chi connectivity index (χ4v) is 5.32. The molecule has 28 heavy (non-hydrogen) atoms. The number of benzene rings is 2. The summed E-state index contributed by atoms with van der Waals surface area (Å²) in [5.74, 6) is 0.709. The molecule has 3 rings (SSSR count). The first kappa shape index (κ1) is 21.0. The highest BCUT2D eigenvalue weighted by Crippen LogP contribution is 2.47. The molecule has 0 amide bonds. The smallest absolute Gasteiger partial charge is 0.0435 e. The van der Waals surface area contributed by atoms with Crippen molar-refractivity contribution in [1.82, 2.24) is 0 Å². The van der Waals surface area contributed by atoms with Gasteiger partial charge in [-0.1, -0.05) is 77.1 Å². The van der Waals surface area contributed by atoms with Gasteiger partial charge in [-0.2, -0.15) is 0 Å². The number of hydrogen-bond acceptors (Lipinski definition) is 1. The Bertz CT molecular complexity index is 777. The van der Waals surface area contributed by atoms with E-state index in [4.69, 9.17) is 0 Å². The van der Waals surface area contributed by atoms with Crippen molar-refractivity contribution < 1.29 is 0 Å². The first-order chi connectivity index (χ1) is 13.2. The Morgan fingerprint density at radius 1 is 0.893 bits per heavy atom. The molecule has 0 aliphatic carbocycles. The van der Waals surface area contributed by atoms with Gasteiger partial charge in [-0.15, -0.1) is 0 Å².